The molecule has 3 nitrogen and oxygen atoms in total. The Morgan fingerprint density at radius 3 is 3.05 bits per heavy atom. The van der Waals surface area contributed by atoms with Crippen LogP contribution in [-0.2, 0) is 16.1 Å². The van der Waals surface area contributed by atoms with Crippen LogP contribution in [0.4, 0.5) is 4.39 Å². The van der Waals surface area contributed by atoms with Crippen molar-refractivity contribution in [3.05, 3.63) is 34.6 Å². The van der Waals surface area contributed by atoms with Crippen molar-refractivity contribution in [1.82, 2.24) is 4.90 Å². The normalized spacial score (nSPS) is 19.9. The summed E-state index contributed by atoms with van der Waals surface area (Å²) in [5.74, 6) is -0.594. The van der Waals surface area contributed by atoms with Crippen LogP contribution in [0.5, 0.6) is 0 Å². The van der Waals surface area contributed by atoms with Gasteiger partial charge in [-0.3, -0.25) is 9.69 Å². The number of halogens is 2. The molecule has 0 amide bonds. The standard InChI is InChI=1S/C15H19ClFNO2/c1-2-20-15(19)12-4-3-7-18(10-12)9-11-5-6-13(16)14(17)8-11/h5-6,8,12H,2-4,7,9-10H2,1H3/t12-/m1/s1. The van der Waals surface area contributed by atoms with Gasteiger partial charge >= 0.3 is 5.97 Å². The molecular formula is C15H19ClFNO2. The zero-order valence-corrected chi connectivity index (χ0v) is 12.3. The SMILES string of the molecule is CCOC(=O)[C@@H]1CCCN(Cc2ccc(Cl)c(F)c2)C1. The lowest BCUT2D eigenvalue weighted by atomic mass is 9.98. The van der Waals surface area contributed by atoms with Crippen molar-refractivity contribution in [2.75, 3.05) is 19.7 Å². The summed E-state index contributed by atoms with van der Waals surface area (Å²) in [6.45, 7) is 4.44. The molecule has 0 N–H and O–H groups in total. The molecule has 1 atom stereocenters. The highest BCUT2D eigenvalue weighted by Crippen LogP contribution is 2.21. The van der Waals surface area contributed by atoms with E-state index in [2.05, 4.69) is 4.90 Å². The fourth-order valence-corrected chi connectivity index (χ4v) is 2.67. The number of hydrogen-bond acceptors (Lipinski definition) is 3. The first kappa shape index (κ1) is 15.3. The average Bonchev–Trinajstić information content (AvgIpc) is 2.43. The number of nitrogens with zero attached hydrogens (tertiary/aromatic N) is 1. The molecular weight excluding hydrogens is 281 g/mol. The maximum Gasteiger partial charge on any atom is 0.310 e. The second-order valence-corrected chi connectivity index (χ2v) is 5.48. The van der Waals surface area contributed by atoms with E-state index in [9.17, 15) is 9.18 Å². The van der Waals surface area contributed by atoms with Crippen molar-refractivity contribution < 1.29 is 13.9 Å². The van der Waals surface area contributed by atoms with Gasteiger partial charge in [0.1, 0.15) is 5.82 Å². The summed E-state index contributed by atoms with van der Waals surface area (Å²) in [5, 5.41) is 0.136. The lowest BCUT2D eigenvalue weighted by Gasteiger charge is -2.31. The first-order chi connectivity index (χ1) is 9.60. The summed E-state index contributed by atoms with van der Waals surface area (Å²) >= 11 is 5.67. The molecule has 2 rings (SSSR count). The Morgan fingerprint density at radius 2 is 2.35 bits per heavy atom. The summed E-state index contributed by atoms with van der Waals surface area (Å²) in [6.07, 6.45) is 1.82. The van der Waals surface area contributed by atoms with E-state index < -0.39 is 5.82 Å². The number of likely N-dealkylation sites (tertiary alicyclic amines) is 1. The third-order valence-electron chi connectivity index (χ3n) is 3.52. The monoisotopic (exact) mass is 299 g/mol. The van der Waals surface area contributed by atoms with E-state index >= 15 is 0 Å². The Balaban J connectivity index is 1.95. The van der Waals surface area contributed by atoms with Crippen LogP contribution in [0.2, 0.25) is 5.02 Å². The molecule has 0 spiro atoms. The lowest BCUT2D eigenvalue weighted by Crippen LogP contribution is -2.38. The minimum atomic E-state index is -0.400. The molecule has 1 saturated heterocycles. The van der Waals surface area contributed by atoms with E-state index in [0.717, 1.165) is 24.9 Å². The molecule has 1 aromatic carbocycles. The Kier molecular flexibility index (Phi) is 5.38. The molecule has 5 heteroatoms. The van der Waals surface area contributed by atoms with Gasteiger partial charge in [-0.25, -0.2) is 4.39 Å². The lowest BCUT2D eigenvalue weighted by molar-refractivity contribution is -0.150. The fraction of sp³-hybridized carbons (Fsp3) is 0.533. The van der Waals surface area contributed by atoms with Crippen molar-refractivity contribution in [2.24, 2.45) is 5.92 Å². The number of ether oxygens (including phenoxy) is 1. The summed E-state index contributed by atoms with van der Waals surface area (Å²) in [4.78, 5) is 13.9. The summed E-state index contributed by atoms with van der Waals surface area (Å²) in [7, 11) is 0. The van der Waals surface area contributed by atoms with Gasteiger partial charge in [-0.1, -0.05) is 17.7 Å². The van der Waals surface area contributed by atoms with Gasteiger partial charge in [0.2, 0.25) is 0 Å². The van der Waals surface area contributed by atoms with Crippen LogP contribution in [0.25, 0.3) is 0 Å². The van der Waals surface area contributed by atoms with Crippen LogP contribution < -0.4 is 0 Å². The van der Waals surface area contributed by atoms with Crippen molar-refractivity contribution in [3.63, 3.8) is 0 Å². The molecule has 0 saturated carbocycles. The van der Waals surface area contributed by atoms with Crippen molar-refractivity contribution in [2.45, 2.75) is 26.3 Å². The maximum atomic E-state index is 13.4. The van der Waals surface area contributed by atoms with Gasteiger partial charge in [0.15, 0.2) is 0 Å². The third-order valence-corrected chi connectivity index (χ3v) is 3.82. The van der Waals surface area contributed by atoms with E-state index in [4.69, 9.17) is 16.3 Å². The highest BCUT2D eigenvalue weighted by atomic mass is 35.5. The number of piperidine rings is 1. The van der Waals surface area contributed by atoms with E-state index in [0.29, 0.717) is 19.7 Å². The molecule has 1 heterocycles. The molecule has 0 radical (unpaired) electrons. The van der Waals surface area contributed by atoms with Crippen LogP contribution in [0.15, 0.2) is 18.2 Å². The molecule has 0 aliphatic carbocycles. The Morgan fingerprint density at radius 1 is 1.55 bits per heavy atom. The zero-order valence-electron chi connectivity index (χ0n) is 11.6. The van der Waals surface area contributed by atoms with E-state index in [-0.39, 0.29) is 16.9 Å². The van der Waals surface area contributed by atoms with Crippen LogP contribution >= 0.6 is 11.6 Å². The first-order valence-corrected chi connectivity index (χ1v) is 7.31. The van der Waals surface area contributed by atoms with Gasteiger partial charge < -0.3 is 4.74 Å². The van der Waals surface area contributed by atoms with Gasteiger partial charge in [0, 0.05) is 13.1 Å². The number of benzene rings is 1. The number of rotatable bonds is 4. The van der Waals surface area contributed by atoms with Crippen LogP contribution in [0.3, 0.4) is 0 Å². The molecule has 0 aromatic heterocycles. The first-order valence-electron chi connectivity index (χ1n) is 6.93. The molecule has 20 heavy (non-hydrogen) atoms. The quantitative estimate of drug-likeness (QED) is 0.799. The van der Waals surface area contributed by atoms with Crippen LogP contribution in [0.1, 0.15) is 25.3 Å². The van der Waals surface area contributed by atoms with E-state index in [1.54, 1.807) is 6.07 Å². The second-order valence-electron chi connectivity index (χ2n) is 5.07. The van der Waals surface area contributed by atoms with Crippen molar-refractivity contribution in [3.8, 4) is 0 Å². The number of carbonyl (C=O) groups excluding carboxylic acids is 1. The molecule has 1 fully saturated rings. The molecule has 1 aliphatic rings. The minimum Gasteiger partial charge on any atom is -0.466 e. The van der Waals surface area contributed by atoms with Crippen LogP contribution in [-0.4, -0.2) is 30.6 Å². The van der Waals surface area contributed by atoms with Crippen molar-refractivity contribution in [1.29, 1.82) is 0 Å². The highest BCUT2D eigenvalue weighted by molar-refractivity contribution is 6.30. The maximum absolute atomic E-state index is 13.4. The predicted octanol–water partition coefficient (Wildman–Crippen LogP) is 3.25. The number of esters is 1. The predicted molar refractivity (Wildman–Crippen MR) is 76.0 cm³/mol. The number of hydrogen-bond donors (Lipinski definition) is 0. The van der Waals surface area contributed by atoms with Gasteiger partial charge in [0.25, 0.3) is 0 Å². The average molecular weight is 300 g/mol. The molecule has 0 unspecified atom stereocenters. The molecule has 1 aliphatic heterocycles. The smallest absolute Gasteiger partial charge is 0.310 e. The van der Waals surface area contributed by atoms with Gasteiger partial charge in [-0.2, -0.15) is 0 Å². The zero-order chi connectivity index (χ0) is 14.5. The summed E-state index contributed by atoms with van der Waals surface area (Å²) in [6, 6.07) is 4.84. The summed E-state index contributed by atoms with van der Waals surface area (Å²) in [5.41, 5.74) is 0.872. The topological polar surface area (TPSA) is 29.5 Å². The van der Waals surface area contributed by atoms with E-state index in [1.807, 2.05) is 13.0 Å². The fourth-order valence-electron chi connectivity index (χ4n) is 2.55. The Labute approximate surface area is 123 Å². The van der Waals surface area contributed by atoms with Crippen LogP contribution in [0, 0.1) is 11.7 Å². The highest BCUT2D eigenvalue weighted by Gasteiger charge is 2.26. The van der Waals surface area contributed by atoms with E-state index in [1.165, 1.54) is 6.07 Å². The van der Waals surface area contributed by atoms with Gasteiger partial charge in [0.05, 0.1) is 17.5 Å². The Hall–Kier alpha value is -1.13. The third kappa shape index (κ3) is 3.93. The Bertz CT molecular complexity index is 481. The minimum absolute atomic E-state index is 0.0687. The number of carbonyl (C=O) groups is 1. The van der Waals surface area contributed by atoms with Gasteiger partial charge in [-0.05, 0) is 44.0 Å². The van der Waals surface area contributed by atoms with Gasteiger partial charge in [-0.15, -0.1) is 0 Å². The van der Waals surface area contributed by atoms with Crippen molar-refractivity contribution >= 4 is 17.6 Å². The largest absolute Gasteiger partial charge is 0.466 e. The molecule has 1 aromatic rings. The second kappa shape index (κ2) is 7.04. The molecule has 110 valence electrons. The summed E-state index contributed by atoms with van der Waals surface area (Å²) < 4.78 is 18.5. The molecule has 0 bridgehead atoms.